The third-order valence-electron chi connectivity index (χ3n) is 1.12. The quantitative estimate of drug-likeness (QED) is 0.488. The maximum absolute atomic E-state index is 10.5. The first-order valence-corrected chi connectivity index (χ1v) is 3.45. The first kappa shape index (κ1) is 10.7. The lowest BCUT2D eigenvalue weighted by atomic mass is 10.2. The summed E-state index contributed by atoms with van der Waals surface area (Å²) in [5.41, 5.74) is 0.742. The number of allylic oxidation sites excluding steroid dienone is 2. The van der Waals surface area contributed by atoms with E-state index in [0.717, 1.165) is 5.57 Å². The topological polar surface area (TPSA) is 46.5 Å². The van der Waals surface area contributed by atoms with Crippen LogP contribution in [0.15, 0.2) is 37.0 Å². The Morgan fingerprint density at radius 1 is 1.50 bits per heavy atom. The standard InChI is InChI=1S/C9H12O3/c1-3-5-8(4-2)7-12-9(11)6-10/h3-5,10H,1-2,6-7H2/b8-5+. The van der Waals surface area contributed by atoms with Gasteiger partial charge in [-0.15, -0.1) is 0 Å². The van der Waals surface area contributed by atoms with Crippen molar-refractivity contribution in [3.05, 3.63) is 37.0 Å². The zero-order valence-corrected chi connectivity index (χ0v) is 6.82. The van der Waals surface area contributed by atoms with E-state index in [0.29, 0.717) is 0 Å². The van der Waals surface area contributed by atoms with E-state index in [9.17, 15) is 4.79 Å². The van der Waals surface area contributed by atoms with Gasteiger partial charge in [-0.05, 0) is 5.57 Å². The van der Waals surface area contributed by atoms with Crippen LogP contribution in [0.25, 0.3) is 0 Å². The van der Waals surface area contributed by atoms with Crippen molar-refractivity contribution >= 4 is 5.97 Å². The first-order chi connectivity index (χ1) is 5.74. The van der Waals surface area contributed by atoms with Crippen LogP contribution in [-0.2, 0) is 9.53 Å². The molecule has 0 atom stereocenters. The number of aliphatic hydroxyl groups is 1. The van der Waals surface area contributed by atoms with Crippen molar-refractivity contribution in [3.63, 3.8) is 0 Å². The summed E-state index contributed by atoms with van der Waals surface area (Å²) in [6, 6.07) is 0. The van der Waals surface area contributed by atoms with Gasteiger partial charge in [0.05, 0.1) is 0 Å². The molecule has 66 valence electrons. The predicted octanol–water partition coefficient (Wildman–Crippen LogP) is 0.820. The lowest BCUT2D eigenvalue weighted by Crippen LogP contribution is -2.10. The Bertz CT molecular complexity index is 204. The van der Waals surface area contributed by atoms with Crippen LogP contribution in [0.5, 0.6) is 0 Å². The Hall–Kier alpha value is -1.35. The highest BCUT2D eigenvalue weighted by Crippen LogP contribution is 1.96. The van der Waals surface area contributed by atoms with Crippen molar-refractivity contribution in [1.29, 1.82) is 0 Å². The summed E-state index contributed by atoms with van der Waals surface area (Å²) in [4.78, 5) is 10.5. The normalized spacial score (nSPS) is 10.6. The fourth-order valence-electron chi connectivity index (χ4n) is 0.536. The van der Waals surface area contributed by atoms with Gasteiger partial charge < -0.3 is 9.84 Å². The molecule has 0 aromatic rings. The molecule has 0 aromatic carbocycles. The average molecular weight is 168 g/mol. The van der Waals surface area contributed by atoms with Gasteiger partial charge in [-0.25, -0.2) is 4.79 Å². The molecule has 0 saturated heterocycles. The number of ether oxygens (including phenoxy) is 1. The second-order valence-electron chi connectivity index (χ2n) is 2.00. The number of rotatable bonds is 5. The van der Waals surface area contributed by atoms with Crippen LogP contribution < -0.4 is 0 Å². The highest BCUT2D eigenvalue weighted by atomic mass is 16.5. The molecule has 0 unspecified atom stereocenters. The van der Waals surface area contributed by atoms with Crippen LogP contribution in [-0.4, -0.2) is 24.3 Å². The van der Waals surface area contributed by atoms with Crippen molar-refractivity contribution in [2.45, 2.75) is 0 Å². The van der Waals surface area contributed by atoms with Gasteiger partial charge in [0.25, 0.3) is 0 Å². The van der Waals surface area contributed by atoms with Crippen molar-refractivity contribution < 1.29 is 14.6 Å². The molecule has 12 heavy (non-hydrogen) atoms. The van der Waals surface area contributed by atoms with Crippen molar-refractivity contribution in [2.24, 2.45) is 0 Å². The maximum Gasteiger partial charge on any atom is 0.332 e. The summed E-state index contributed by atoms with van der Waals surface area (Å²) in [7, 11) is 0. The molecule has 0 aliphatic rings. The minimum absolute atomic E-state index is 0.120. The largest absolute Gasteiger partial charge is 0.459 e. The Morgan fingerprint density at radius 2 is 2.17 bits per heavy atom. The van der Waals surface area contributed by atoms with Crippen LogP contribution in [0.2, 0.25) is 0 Å². The van der Waals surface area contributed by atoms with Gasteiger partial charge in [0, 0.05) is 0 Å². The molecule has 0 spiro atoms. The molecule has 3 nitrogen and oxygen atoms in total. The number of carbonyl (C=O) groups is 1. The minimum atomic E-state index is -0.646. The van der Waals surface area contributed by atoms with Crippen LogP contribution in [0.4, 0.5) is 0 Å². The molecule has 0 aromatic heterocycles. The minimum Gasteiger partial charge on any atom is -0.459 e. The van der Waals surface area contributed by atoms with E-state index in [-0.39, 0.29) is 6.61 Å². The number of hydrogen-bond acceptors (Lipinski definition) is 3. The molecule has 3 heteroatoms. The third-order valence-corrected chi connectivity index (χ3v) is 1.12. The highest BCUT2D eigenvalue weighted by Gasteiger charge is 1.99. The van der Waals surface area contributed by atoms with Gasteiger partial charge in [0.1, 0.15) is 13.2 Å². The van der Waals surface area contributed by atoms with Crippen LogP contribution in [0.1, 0.15) is 0 Å². The Balaban J connectivity index is 3.88. The molecule has 0 radical (unpaired) electrons. The fraction of sp³-hybridized carbons (Fsp3) is 0.222. The van der Waals surface area contributed by atoms with Gasteiger partial charge in [-0.3, -0.25) is 0 Å². The summed E-state index contributed by atoms with van der Waals surface area (Å²) in [5, 5.41) is 8.31. The van der Waals surface area contributed by atoms with E-state index in [1.165, 1.54) is 0 Å². The lowest BCUT2D eigenvalue weighted by molar-refractivity contribution is -0.145. The number of aliphatic hydroxyl groups excluding tert-OH is 1. The zero-order valence-electron chi connectivity index (χ0n) is 6.82. The smallest absolute Gasteiger partial charge is 0.332 e. The van der Waals surface area contributed by atoms with E-state index in [4.69, 9.17) is 5.11 Å². The molecule has 0 aliphatic carbocycles. The highest BCUT2D eigenvalue weighted by molar-refractivity contribution is 5.70. The van der Waals surface area contributed by atoms with E-state index < -0.39 is 12.6 Å². The summed E-state index contributed by atoms with van der Waals surface area (Å²) >= 11 is 0. The van der Waals surface area contributed by atoms with Crippen LogP contribution in [0, 0.1) is 0 Å². The van der Waals surface area contributed by atoms with E-state index in [2.05, 4.69) is 17.9 Å². The molecule has 0 aliphatic heterocycles. The third kappa shape index (κ3) is 4.46. The monoisotopic (exact) mass is 168 g/mol. The SMILES string of the molecule is C=C/C=C(\C=C)COC(=O)CO. The second kappa shape index (κ2) is 6.37. The molecule has 0 bridgehead atoms. The molecular weight excluding hydrogens is 156 g/mol. The van der Waals surface area contributed by atoms with Crippen molar-refractivity contribution in [1.82, 2.24) is 0 Å². The Kier molecular flexibility index (Phi) is 5.65. The maximum atomic E-state index is 10.5. The van der Waals surface area contributed by atoms with Gasteiger partial charge >= 0.3 is 5.97 Å². The molecule has 0 rings (SSSR count). The summed E-state index contributed by atoms with van der Waals surface area (Å²) in [5.74, 6) is -0.646. The summed E-state index contributed by atoms with van der Waals surface area (Å²) < 4.78 is 4.62. The number of esters is 1. The predicted molar refractivity (Wildman–Crippen MR) is 46.5 cm³/mol. The average Bonchev–Trinajstić information content (AvgIpc) is 2.11. The number of hydrogen-bond donors (Lipinski definition) is 1. The summed E-state index contributed by atoms with van der Waals surface area (Å²) in [6.07, 6.45) is 4.81. The van der Waals surface area contributed by atoms with E-state index in [1.54, 1.807) is 18.2 Å². The zero-order chi connectivity index (χ0) is 9.40. The molecule has 0 heterocycles. The van der Waals surface area contributed by atoms with Crippen LogP contribution >= 0.6 is 0 Å². The second-order valence-corrected chi connectivity index (χ2v) is 2.00. The van der Waals surface area contributed by atoms with E-state index in [1.807, 2.05) is 0 Å². The van der Waals surface area contributed by atoms with Gasteiger partial charge in [-0.2, -0.15) is 0 Å². The Labute approximate surface area is 71.7 Å². The van der Waals surface area contributed by atoms with Crippen molar-refractivity contribution in [3.8, 4) is 0 Å². The molecule has 0 saturated carbocycles. The molecule has 0 amide bonds. The molecular formula is C9H12O3. The van der Waals surface area contributed by atoms with Gasteiger partial charge in [0.2, 0.25) is 0 Å². The number of carbonyl (C=O) groups excluding carboxylic acids is 1. The van der Waals surface area contributed by atoms with Gasteiger partial charge in [0.15, 0.2) is 0 Å². The Morgan fingerprint density at radius 3 is 2.58 bits per heavy atom. The summed E-state index contributed by atoms with van der Waals surface area (Å²) in [6.45, 7) is 6.52. The molecule has 1 N–H and O–H groups in total. The van der Waals surface area contributed by atoms with Crippen molar-refractivity contribution in [2.75, 3.05) is 13.2 Å². The van der Waals surface area contributed by atoms with Crippen LogP contribution in [0.3, 0.4) is 0 Å². The van der Waals surface area contributed by atoms with E-state index >= 15 is 0 Å². The molecule has 0 fully saturated rings. The lowest BCUT2D eigenvalue weighted by Gasteiger charge is -2.01. The van der Waals surface area contributed by atoms with Gasteiger partial charge in [-0.1, -0.05) is 31.4 Å². The fourth-order valence-corrected chi connectivity index (χ4v) is 0.536. The first-order valence-electron chi connectivity index (χ1n) is 3.45.